The molecule has 4 fully saturated rings. The lowest BCUT2D eigenvalue weighted by Gasteiger charge is -2.43. The van der Waals surface area contributed by atoms with E-state index in [1.165, 1.54) is 48.0 Å². The highest BCUT2D eigenvalue weighted by Crippen LogP contribution is 2.45. The van der Waals surface area contributed by atoms with Crippen molar-refractivity contribution in [1.82, 2.24) is 56.4 Å². The normalized spacial score (nSPS) is 20.0. The number of halogens is 8. The summed E-state index contributed by atoms with van der Waals surface area (Å²) in [6.45, 7) is 20.9. The number of anilines is 5. The van der Waals surface area contributed by atoms with Crippen LogP contribution >= 0.6 is 37.2 Å². The number of piperazine rings is 1. The van der Waals surface area contributed by atoms with Crippen LogP contribution < -0.4 is 58.1 Å². The SMILES string of the molecule is CN[C@@H](C)C(=O)N[C@H](C(=O)N1Cc2ccc(NC(=O)CCNC(=O)[C@]3(C)CN(C(=O)CN4C[C@@H](C)NC[C@@H]4CN4CCOC[C@H]4C)c4cc(Cc5ccc(F)cc5)ccc43)cc2[C@H]1C(=O)Nc1c(F)cccc1F)C1CCOCC1.C[C@@H](C(=O)N[C@H](C(=O)N1Cc2cc(NC(=O)CCNCc3ccccc3)ccc2[C@H]1C(=O)Nc1c(F)cccc1F)C1CCOCC1)N(C)C(=O)OC(C)(C)C.Cl.Cl.Cl. The van der Waals surface area contributed by atoms with E-state index in [-0.39, 0.29) is 136 Å². The summed E-state index contributed by atoms with van der Waals surface area (Å²) in [4.78, 5) is 164. The van der Waals surface area contributed by atoms with Gasteiger partial charge >= 0.3 is 6.09 Å². The Morgan fingerprint density at radius 2 is 1.14 bits per heavy atom. The van der Waals surface area contributed by atoms with Gasteiger partial charge in [0.25, 0.3) is 11.8 Å². The van der Waals surface area contributed by atoms with E-state index >= 15 is 8.78 Å². The Kier molecular flexibility index (Phi) is 39.2. The first kappa shape index (κ1) is 110. The van der Waals surface area contributed by atoms with Crippen LogP contribution in [-0.4, -0.2) is 244 Å². The molecule has 4 saturated heterocycles. The van der Waals surface area contributed by atoms with Crippen molar-refractivity contribution >= 4 is 131 Å². The Labute approximate surface area is 824 Å². The van der Waals surface area contributed by atoms with Crippen LogP contribution in [0.1, 0.15) is 151 Å². The number of ether oxygens (including phenoxy) is 4. The van der Waals surface area contributed by atoms with Crippen LogP contribution in [0.3, 0.4) is 0 Å². The largest absolute Gasteiger partial charge is 0.444 e. The number of nitrogens with zero attached hydrogens (tertiary/aromatic N) is 6. The van der Waals surface area contributed by atoms with Gasteiger partial charge in [-0.1, -0.05) is 78.9 Å². The van der Waals surface area contributed by atoms with E-state index in [0.29, 0.717) is 137 Å². The Balaban J connectivity index is 0.000000298. The molecule has 0 aliphatic carbocycles. The molecule has 139 heavy (non-hydrogen) atoms. The molecule has 7 aliphatic heterocycles. The molecule has 7 aromatic carbocycles. The molecule has 7 aliphatic rings. The monoisotopic (exact) mass is 1990 g/mol. The number of likely N-dealkylation sites (N-methyl/N-ethyl adjacent to an activating group) is 2. The number of amides is 11. The smallest absolute Gasteiger partial charge is 0.410 e. The van der Waals surface area contributed by atoms with E-state index in [2.05, 4.69) is 76.8 Å². The van der Waals surface area contributed by atoms with Gasteiger partial charge in [-0.2, -0.15) is 0 Å². The molecule has 7 heterocycles. The second-order valence-electron chi connectivity index (χ2n) is 37.2. The van der Waals surface area contributed by atoms with Crippen LogP contribution in [0, 0.1) is 40.9 Å². The first-order valence-corrected chi connectivity index (χ1v) is 46.4. The molecule has 14 rings (SSSR count). The number of rotatable bonds is 31. The Hall–Kier alpha value is -11.3. The third kappa shape index (κ3) is 27.7. The Bertz CT molecular complexity index is 5480. The lowest BCUT2D eigenvalue weighted by molar-refractivity contribution is -0.144. The highest BCUT2D eigenvalue weighted by Gasteiger charge is 2.50. The van der Waals surface area contributed by atoms with Gasteiger partial charge in [0.05, 0.1) is 31.2 Å². The second kappa shape index (κ2) is 49.7. The van der Waals surface area contributed by atoms with Crippen molar-refractivity contribution in [3.63, 3.8) is 0 Å². The van der Waals surface area contributed by atoms with Gasteiger partial charge in [0, 0.05) is 147 Å². The number of fused-ring (bicyclic) bond motifs is 3. The second-order valence-corrected chi connectivity index (χ2v) is 37.2. The molecule has 31 nitrogen and oxygen atoms in total. The van der Waals surface area contributed by atoms with Gasteiger partial charge in [0.2, 0.25) is 47.3 Å². The summed E-state index contributed by atoms with van der Waals surface area (Å²) in [6, 6.07) is 31.5. The highest BCUT2D eigenvalue weighted by molar-refractivity contribution is 6.05. The van der Waals surface area contributed by atoms with E-state index in [4.69, 9.17) is 18.9 Å². The molecule has 0 radical (unpaired) electrons. The van der Waals surface area contributed by atoms with Gasteiger partial charge in [0.15, 0.2) is 0 Å². The van der Waals surface area contributed by atoms with Crippen molar-refractivity contribution in [3.8, 4) is 0 Å². The third-order valence-electron chi connectivity index (χ3n) is 26.2. The first-order chi connectivity index (χ1) is 65.0. The van der Waals surface area contributed by atoms with Crippen molar-refractivity contribution in [2.45, 2.75) is 185 Å². The molecule has 10 atom stereocenters. The minimum atomic E-state index is -1.44. The van der Waals surface area contributed by atoms with Crippen LogP contribution in [0.15, 0.2) is 146 Å². The fourth-order valence-electron chi connectivity index (χ4n) is 18.3. The van der Waals surface area contributed by atoms with Crippen molar-refractivity contribution in [3.05, 3.63) is 219 Å². The van der Waals surface area contributed by atoms with Gasteiger partial charge in [-0.3, -0.25) is 62.6 Å². The number of para-hydroxylation sites is 2. The summed E-state index contributed by atoms with van der Waals surface area (Å²) in [5.74, 6) is -10.5. The van der Waals surface area contributed by atoms with E-state index in [9.17, 15) is 65.9 Å². The number of hydrogen-bond donors (Lipinski definition) is 10. The number of carbonyl (C=O) groups is 11. The quantitative estimate of drug-likeness (QED) is 0.0143. The average Bonchev–Trinajstić information content (AvgIpc) is 1.58. The summed E-state index contributed by atoms with van der Waals surface area (Å²) in [5.41, 5.74) is 3.12. The lowest BCUT2D eigenvalue weighted by atomic mass is 9.83. The summed E-state index contributed by atoms with van der Waals surface area (Å²) in [5, 5.41) is 28.8. The topological polar surface area (TPSA) is 364 Å². The zero-order chi connectivity index (χ0) is 97.4. The van der Waals surface area contributed by atoms with Crippen LogP contribution in [-0.2, 0) is 98.4 Å². The van der Waals surface area contributed by atoms with Crippen LogP contribution in [0.25, 0.3) is 0 Å². The summed E-state index contributed by atoms with van der Waals surface area (Å²) < 4.78 is 95.6. The zero-order valence-electron chi connectivity index (χ0n) is 79.6. The predicted molar refractivity (Wildman–Crippen MR) is 522 cm³/mol. The number of carbonyl (C=O) groups excluding carboxylic acids is 11. The molecular weight excluding hydrogens is 1870 g/mol. The van der Waals surface area contributed by atoms with E-state index < -0.39 is 135 Å². The molecule has 7 aromatic rings. The average molecular weight is 1990 g/mol. The maximum Gasteiger partial charge on any atom is 0.410 e. The summed E-state index contributed by atoms with van der Waals surface area (Å²) in [7, 11) is 3.03. The van der Waals surface area contributed by atoms with E-state index in [1.54, 1.807) is 89.0 Å². The first-order valence-electron chi connectivity index (χ1n) is 46.4. The fraction of sp³-hybridized carbons (Fsp3) is 0.470. The minimum absolute atomic E-state index is 0. The summed E-state index contributed by atoms with van der Waals surface area (Å²) in [6.07, 6.45) is 1.50. The molecule has 39 heteroatoms. The third-order valence-corrected chi connectivity index (χ3v) is 26.2. The fourth-order valence-corrected chi connectivity index (χ4v) is 18.3. The lowest BCUT2D eigenvalue weighted by Crippen LogP contribution is -2.62. The van der Waals surface area contributed by atoms with Crippen molar-refractivity contribution < 1.29 is 93.6 Å². The zero-order valence-corrected chi connectivity index (χ0v) is 82.0. The molecule has 11 amide bonds. The van der Waals surface area contributed by atoms with Gasteiger partial charge in [0.1, 0.15) is 76.3 Å². The predicted octanol–water partition coefficient (Wildman–Crippen LogP) is 10.9. The van der Waals surface area contributed by atoms with Gasteiger partial charge in [-0.25, -0.2) is 26.7 Å². The van der Waals surface area contributed by atoms with Gasteiger partial charge in [-0.05, 0) is 218 Å². The standard InChI is InChI=1S/C59H73F3N10O8.C41H50F2N6O7.3ClH/c1-35-29-70(44(28-65-35)31-69-21-24-80-33-36(69)2)32-51(74)72-34-59(4,46-16-11-39(26-49(46)72)25-38-9-13-42(60)14-10-38)58(78)64-20-17-50(73)66-43-15-12-41-30-71(54(45(41)27-43)56(76)68-53-47(61)7-6-8-48(53)62)57(77)52(40-18-22-79-23-19-40)67-55(75)37(3)63-5;1-25(48(5)40(54)56-41(2,3)4)37(51)46-34(27-17-20-55-21-18-27)39(53)49-24-28-22-29(45-33(50)16-19-44-23-26-10-7-6-8-11-26)14-15-30(28)36(49)38(52)47-35-31(42)12-9-13-32(35)43;;;/h6-16,26-27,35-37,40,44,52,54,63,65H,17-25,28-34H2,1-5H3,(H,64,78)(H,66,73)(H,67,75)(H,68,76);6-15,22,25,27,34,36,44H,16-21,23-24H2,1-5H3,(H,45,50)(H,46,51)(H,47,52);3*1H/t35-,36-,37+,44-,52+,54+,59-;25-,34-,36-;;;/m10.../s1. The van der Waals surface area contributed by atoms with E-state index in [0.717, 1.165) is 65.0 Å². The van der Waals surface area contributed by atoms with Gasteiger partial charge in [-0.15, -0.1) is 37.2 Å². The number of hydrogen-bond acceptors (Lipinski definition) is 20. The van der Waals surface area contributed by atoms with Crippen molar-refractivity contribution in [1.29, 1.82) is 0 Å². The Morgan fingerprint density at radius 1 is 0.590 bits per heavy atom. The number of nitrogens with one attached hydrogen (secondary N) is 10. The van der Waals surface area contributed by atoms with Crippen LogP contribution in [0.4, 0.5) is 55.2 Å². The van der Waals surface area contributed by atoms with Crippen molar-refractivity contribution in [2.75, 3.05) is 132 Å². The highest BCUT2D eigenvalue weighted by atomic mass is 35.5. The van der Waals surface area contributed by atoms with Crippen LogP contribution in [0.5, 0.6) is 0 Å². The maximum atomic E-state index is 15.0. The van der Waals surface area contributed by atoms with E-state index in [1.807, 2.05) is 48.5 Å². The van der Waals surface area contributed by atoms with Crippen molar-refractivity contribution in [2.24, 2.45) is 11.8 Å². The minimum Gasteiger partial charge on any atom is -0.444 e. The van der Waals surface area contributed by atoms with Crippen LogP contribution in [0.2, 0.25) is 0 Å². The Morgan fingerprint density at radius 3 is 1.71 bits per heavy atom. The molecule has 0 saturated carbocycles. The molecule has 0 spiro atoms. The molecular formula is C100H126Cl3F5N16O15. The summed E-state index contributed by atoms with van der Waals surface area (Å²) >= 11 is 0. The molecule has 752 valence electrons. The number of morpholine rings is 1. The number of benzene rings is 7. The molecule has 0 bridgehead atoms. The molecule has 0 unspecified atom stereocenters. The van der Waals surface area contributed by atoms with Gasteiger partial charge < -0.3 is 86.8 Å². The molecule has 0 aromatic heterocycles. The molecule has 10 N–H and O–H groups in total. The maximum absolute atomic E-state index is 15.0.